The minimum absolute atomic E-state index is 0.0470. The summed E-state index contributed by atoms with van der Waals surface area (Å²) in [6, 6.07) is 17.1. The summed E-state index contributed by atoms with van der Waals surface area (Å²) in [5.41, 5.74) is 1.93. The molecular formula is C20H22N2O3. The molecule has 1 aliphatic rings. The molecule has 0 spiro atoms. The van der Waals surface area contributed by atoms with Gasteiger partial charge in [0, 0.05) is 13.1 Å². The van der Waals surface area contributed by atoms with E-state index in [-0.39, 0.29) is 11.9 Å². The second-order valence-corrected chi connectivity index (χ2v) is 5.96. The van der Waals surface area contributed by atoms with E-state index in [0.717, 1.165) is 11.1 Å². The highest BCUT2D eigenvalue weighted by Crippen LogP contribution is 2.33. The second-order valence-electron chi connectivity index (χ2n) is 5.96. The van der Waals surface area contributed by atoms with Gasteiger partial charge in [-0.2, -0.15) is 5.26 Å². The van der Waals surface area contributed by atoms with Gasteiger partial charge in [0.25, 0.3) is 0 Å². The fraction of sp³-hybridized carbons (Fsp3) is 0.350. The molecule has 1 heterocycles. The monoisotopic (exact) mass is 338 g/mol. The Kier molecular flexibility index (Phi) is 5.54. The molecule has 5 heteroatoms. The number of aromatic hydroxyl groups is 1. The van der Waals surface area contributed by atoms with Crippen LogP contribution >= 0.6 is 0 Å². The normalized spacial score (nSPS) is 19.1. The van der Waals surface area contributed by atoms with Crippen LogP contribution in [0.5, 0.6) is 11.5 Å². The number of phenols is 1. The summed E-state index contributed by atoms with van der Waals surface area (Å²) in [5, 5.41) is 19.6. The largest absolute Gasteiger partial charge is 0.504 e. The third-order valence-electron chi connectivity index (χ3n) is 4.36. The summed E-state index contributed by atoms with van der Waals surface area (Å²) in [5.74, 6) is 0.500. The fourth-order valence-electron chi connectivity index (χ4n) is 3.11. The quantitative estimate of drug-likeness (QED) is 0.905. The predicted molar refractivity (Wildman–Crippen MR) is 94.3 cm³/mol. The van der Waals surface area contributed by atoms with Crippen LogP contribution in [0.1, 0.15) is 30.2 Å². The Morgan fingerprint density at radius 3 is 2.84 bits per heavy atom. The van der Waals surface area contributed by atoms with Crippen molar-refractivity contribution >= 4 is 0 Å². The zero-order chi connectivity index (χ0) is 17.6. The van der Waals surface area contributed by atoms with Crippen LogP contribution in [0.15, 0.2) is 48.5 Å². The Hall–Kier alpha value is -2.55. The van der Waals surface area contributed by atoms with E-state index in [0.29, 0.717) is 32.1 Å². The van der Waals surface area contributed by atoms with Gasteiger partial charge in [-0.15, -0.1) is 0 Å². The van der Waals surface area contributed by atoms with Gasteiger partial charge in [-0.1, -0.05) is 36.4 Å². The number of nitrogens with zero attached hydrogens (tertiary/aromatic N) is 2. The highest BCUT2D eigenvalue weighted by Gasteiger charge is 2.28. The average Bonchev–Trinajstić information content (AvgIpc) is 2.66. The number of phenolic OH excluding ortho intramolecular Hbond substituents is 1. The van der Waals surface area contributed by atoms with E-state index < -0.39 is 6.04 Å². The van der Waals surface area contributed by atoms with E-state index in [2.05, 4.69) is 11.0 Å². The molecule has 1 N–H and O–H groups in total. The van der Waals surface area contributed by atoms with Gasteiger partial charge in [0.1, 0.15) is 6.04 Å². The van der Waals surface area contributed by atoms with Gasteiger partial charge in [-0.25, -0.2) is 0 Å². The summed E-state index contributed by atoms with van der Waals surface area (Å²) in [6.07, 6.45) is -0.0470. The van der Waals surface area contributed by atoms with Crippen LogP contribution in [0.3, 0.4) is 0 Å². The van der Waals surface area contributed by atoms with Crippen LogP contribution in [0.4, 0.5) is 0 Å². The van der Waals surface area contributed by atoms with Crippen molar-refractivity contribution in [2.75, 3.05) is 26.3 Å². The van der Waals surface area contributed by atoms with Gasteiger partial charge in [-0.05, 0) is 30.2 Å². The van der Waals surface area contributed by atoms with Crippen LogP contribution < -0.4 is 4.74 Å². The molecule has 0 aliphatic carbocycles. The molecule has 25 heavy (non-hydrogen) atoms. The number of nitriles is 1. The maximum atomic E-state index is 9.88. The predicted octanol–water partition coefficient (Wildman–Crippen LogP) is 3.43. The number of benzene rings is 2. The molecule has 2 aromatic carbocycles. The SMILES string of the molecule is CCOc1cc([C@H](C#N)N2CCO[C@H](c3ccccc3)C2)ccc1O. The van der Waals surface area contributed by atoms with Crippen LogP contribution in [0, 0.1) is 11.3 Å². The molecule has 0 amide bonds. The van der Waals surface area contributed by atoms with E-state index in [4.69, 9.17) is 9.47 Å². The van der Waals surface area contributed by atoms with Gasteiger partial charge in [0.05, 0.1) is 25.4 Å². The molecule has 0 aromatic heterocycles. The van der Waals surface area contributed by atoms with E-state index in [9.17, 15) is 10.4 Å². The van der Waals surface area contributed by atoms with Gasteiger partial charge < -0.3 is 14.6 Å². The maximum Gasteiger partial charge on any atom is 0.161 e. The Labute approximate surface area is 148 Å². The fourth-order valence-corrected chi connectivity index (χ4v) is 3.11. The molecule has 2 aromatic rings. The number of morpholine rings is 1. The summed E-state index contributed by atoms with van der Waals surface area (Å²) in [4.78, 5) is 2.11. The lowest BCUT2D eigenvalue weighted by Crippen LogP contribution is -2.40. The van der Waals surface area contributed by atoms with Crippen LogP contribution in [-0.2, 0) is 4.74 Å². The first-order chi connectivity index (χ1) is 12.2. The molecule has 0 unspecified atom stereocenters. The van der Waals surface area contributed by atoms with Crippen molar-refractivity contribution in [3.63, 3.8) is 0 Å². The standard InChI is InChI=1S/C20H22N2O3/c1-2-24-19-12-16(8-9-18(19)23)17(13-21)22-10-11-25-20(14-22)15-6-4-3-5-7-15/h3-9,12,17,20,23H,2,10-11,14H2,1H3/t17-,20-/m0/s1. The van der Waals surface area contributed by atoms with Crippen molar-refractivity contribution in [1.82, 2.24) is 4.90 Å². The van der Waals surface area contributed by atoms with Crippen molar-refractivity contribution < 1.29 is 14.6 Å². The number of ether oxygens (including phenoxy) is 2. The zero-order valence-electron chi connectivity index (χ0n) is 14.3. The minimum Gasteiger partial charge on any atom is -0.504 e. The molecule has 0 saturated carbocycles. The summed E-state index contributed by atoms with van der Waals surface area (Å²) < 4.78 is 11.3. The maximum absolute atomic E-state index is 9.88. The third-order valence-corrected chi connectivity index (χ3v) is 4.36. The first-order valence-electron chi connectivity index (χ1n) is 8.49. The van der Waals surface area contributed by atoms with Crippen molar-refractivity contribution in [1.29, 1.82) is 5.26 Å². The first-order valence-corrected chi connectivity index (χ1v) is 8.49. The Bertz CT molecular complexity index is 742. The second kappa shape index (κ2) is 8.02. The molecule has 5 nitrogen and oxygen atoms in total. The number of hydrogen-bond donors (Lipinski definition) is 1. The van der Waals surface area contributed by atoms with Crippen LogP contribution in [0.25, 0.3) is 0 Å². The first kappa shape index (κ1) is 17.3. The van der Waals surface area contributed by atoms with Crippen molar-refractivity contribution in [2.24, 2.45) is 0 Å². The summed E-state index contributed by atoms with van der Waals surface area (Å²) >= 11 is 0. The minimum atomic E-state index is -0.407. The molecule has 0 radical (unpaired) electrons. The van der Waals surface area contributed by atoms with E-state index >= 15 is 0 Å². The van der Waals surface area contributed by atoms with Crippen molar-refractivity contribution in [3.8, 4) is 17.6 Å². The molecular weight excluding hydrogens is 316 g/mol. The lowest BCUT2D eigenvalue weighted by Gasteiger charge is -2.36. The summed E-state index contributed by atoms with van der Waals surface area (Å²) in [6.45, 7) is 4.23. The summed E-state index contributed by atoms with van der Waals surface area (Å²) in [7, 11) is 0. The van der Waals surface area contributed by atoms with Crippen LogP contribution in [0.2, 0.25) is 0 Å². The van der Waals surface area contributed by atoms with Gasteiger partial charge in [0.15, 0.2) is 11.5 Å². The third kappa shape index (κ3) is 3.93. The number of rotatable bonds is 5. The average molecular weight is 338 g/mol. The lowest BCUT2D eigenvalue weighted by molar-refractivity contribution is -0.0383. The molecule has 3 rings (SSSR count). The highest BCUT2D eigenvalue weighted by molar-refractivity contribution is 5.44. The van der Waals surface area contributed by atoms with Gasteiger partial charge in [-0.3, -0.25) is 4.90 Å². The van der Waals surface area contributed by atoms with Crippen molar-refractivity contribution in [3.05, 3.63) is 59.7 Å². The molecule has 2 atom stereocenters. The Morgan fingerprint density at radius 2 is 2.12 bits per heavy atom. The molecule has 1 aliphatic heterocycles. The highest BCUT2D eigenvalue weighted by atomic mass is 16.5. The molecule has 130 valence electrons. The molecule has 1 saturated heterocycles. The molecule has 1 fully saturated rings. The van der Waals surface area contributed by atoms with Crippen LogP contribution in [-0.4, -0.2) is 36.3 Å². The van der Waals surface area contributed by atoms with E-state index in [1.165, 1.54) is 0 Å². The lowest BCUT2D eigenvalue weighted by atomic mass is 10.0. The van der Waals surface area contributed by atoms with Gasteiger partial charge >= 0.3 is 0 Å². The molecule has 0 bridgehead atoms. The smallest absolute Gasteiger partial charge is 0.161 e. The van der Waals surface area contributed by atoms with E-state index in [1.54, 1.807) is 18.2 Å². The zero-order valence-corrected chi connectivity index (χ0v) is 14.3. The van der Waals surface area contributed by atoms with E-state index in [1.807, 2.05) is 37.3 Å². The van der Waals surface area contributed by atoms with Gasteiger partial charge in [0.2, 0.25) is 0 Å². The van der Waals surface area contributed by atoms with Crippen molar-refractivity contribution in [2.45, 2.75) is 19.1 Å². The Balaban J connectivity index is 1.81. The topological polar surface area (TPSA) is 65.7 Å². The number of hydrogen-bond acceptors (Lipinski definition) is 5. The Morgan fingerprint density at radius 1 is 1.32 bits per heavy atom.